The molecular formula is C11H14N2O3. The molecule has 2 rings (SSSR count). The smallest absolute Gasteiger partial charge is 0.254 e. The molecule has 5 nitrogen and oxygen atoms in total. The maximum atomic E-state index is 12.0. The van der Waals surface area contributed by atoms with Gasteiger partial charge in [0, 0.05) is 30.5 Å². The van der Waals surface area contributed by atoms with Crippen molar-refractivity contribution in [2.75, 3.05) is 13.1 Å². The maximum absolute atomic E-state index is 12.0. The zero-order valence-electron chi connectivity index (χ0n) is 9.00. The van der Waals surface area contributed by atoms with Crippen molar-refractivity contribution in [1.29, 1.82) is 0 Å². The highest BCUT2D eigenvalue weighted by Crippen LogP contribution is 2.14. The van der Waals surface area contributed by atoms with Gasteiger partial charge in [-0.15, -0.1) is 0 Å². The van der Waals surface area contributed by atoms with E-state index in [1.807, 2.05) is 6.92 Å². The van der Waals surface area contributed by atoms with Gasteiger partial charge in [0.2, 0.25) is 0 Å². The number of carbonyl (C=O) groups excluding carboxylic acids is 1. The van der Waals surface area contributed by atoms with Crippen LogP contribution in [-0.4, -0.2) is 51.3 Å². The molecule has 0 aliphatic carbocycles. The Hall–Kier alpha value is -1.46. The van der Waals surface area contributed by atoms with Crippen LogP contribution in [0.1, 0.15) is 16.1 Å². The predicted octanol–water partition coefficient (Wildman–Crippen LogP) is -0.432. The van der Waals surface area contributed by atoms with Crippen molar-refractivity contribution in [2.24, 2.45) is 0 Å². The molecule has 1 amide bonds. The number of likely N-dealkylation sites (tertiary alicyclic amines) is 1. The Balaban J connectivity index is 2.14. The number of aromatic nitrogens is 1. The summed E-state index contributed by atoms with van der Waals surface area (Å²) in [6.45, 7) is 2.17. The zero-order valence-corrected chi connectivity index (χ0v) is 9.00. The van der Waals surface area contributed by atoms with E-state index in [0.29, 0.717) is 5.56 Å². The Morgan fingerprint density at radius 3 is 2.62 bits per heavy atom. The summed E-state index contributed by atoms with van der Waals surface area (Å²) in [7, 11) is 0. The molecule has 2 atom stereocenters. The Bertz CT molecular complexity index is 398. The van der Waals surface area contributed by atoms with E-state index < -0.39 is 12.2 Å². The van der Waals surface area contributed by atoms with E-state index in [1.54, 1.807) is 18.3 Å². The molecule has 16 heavy (non-hydrogen) atoms. The van der Waals surface area contributed by atoms with Crippen LogP contribution in [-0.2, 0) is 0 Å². The third-order valence-corrected chi connectivity index (χ3v) is 2.69. The second-order valence-corrected chi connectivity index (χ2v) is 4.03. The molecule has 1 saturated heterocycles. The largest absolute Gasteiger partial charge is 0.388 e. The first-order valence-corrected chi connectivity index (χ1v) is 5.16. The molecule has 1 aliphatic rings. The minimum absolute atomic E-state index is 0.180. The van der Waals surface area contributed by atoms with Gasteiger partial charge in [0.25, 0.3) is 5.91 Å². The summed E-state index contributed by atoms with van der Waals surface area (Å²) in [4.78, 5) is 17.4. The summed E-state index contributed by atoms with van der Waals surface area (Å²) in [5, 5.41) is 18.7. The van der Waals surface area contributed by atoms with E-state index in [2.05, 4.69) is 4.98 Å². The lowest BCUT2D eigenvalue weighted by atomic mass is 10.2. The number of hydrogen-bond donors (Lipinski definition) is 2. The van der Waals surface area contributed by atoms with Gasteiger partial charge < -0.3 is 15.1 Å². The van der Waals surface area contributed by atoms with Gasteiger partial charge >= 0.3 is 0 Å². The number of carbonyl (C=O) groups is 1. The fourth-order valence-corrected chi connectivity index (χ4v) is 1.80. The second kappa shape index (κ2) is 4.19. The fraction of sp³-hybridized carbons (Fsp3) is 0.455. The number of nitrogens with zero attached hydrogens (tertiary/aromatic N) is 2. The van der Waals surface area contributed by atoms with Crippen molar-refractivity contribution in [3.05, 3.63) is 29.6 Å². The first-order valence-electron chi connectivity index (χ1n) is 5.16. The Kier molecular flexibility index (Phi) is 2.89. The Morgan fingerprint density at radius 1 is 1.44 bits per heavy atom. The topological polar surface area (TPSA) is 73.7 Å². The van der Waals surface area contributed by atoms with Gasteiger partial charge in [-0.05, 0) is 19.1 Å². The fourth-order valence-electron chi connectivity index (χ4n) is 1.80. The number of aryl methyl sites for hydroxylation is 1. The average molecular weight is 222 g/mol. The molecule has 86 valence electrons. The zero-order chi connectivity index (χ0) is 11.7. The van der Waals surface area contributed by atoms with Gasteiger partial charge in [-0.2, -0.15) is 0 Å². The molecule has 1 aromatic rings. The van der Waals surface area contributed by atoms with Gasteiger partial charge in [-0.1, -0.05) is 0 Å². The van der Waals surface area contributed by atoms with E-state index in [-0.39, 0.29) is 19.0 Å². The van der Waals surface area contributed by atoms with Crippen LogP contribution in [0.25, 0.3) is 0 Å². The van der Waals surface area contributed by atoms with Gasteiger partial charge in [0.1, 0.15) is 0 Å². The van der Waals surface area contributed by atoms with E-state index in [0.717, 1.165) is 5.69 Å². The molecule has 2 heterocycles. The lowest BCUT2D eigenvalue weighted by Crippen LogP contribution is -2.29. The third-order valence-electron chi connectivity index (χ3n) is 2.69. The van der Waals surface area contributed by atoms with Gasteiger partial charge in [-0.3, -0.25) is 9.78 Å². The molecule has 5 heteroatoms. The number of amides is 1. The summed E-state index contributed by atoms with van der Waals surface area (Å²) in [5.41, 5.74) is 1.31. The Labute approximate surface area is 93.3 Å². The molecule has 0 aromatic carbocycles. The standard InChI is InChI=1S/C11H14N2O3/c1-7-4-8(2-3-12-7)11(16)13-5-9(14)10(15)6-13/h2-4,9-10,14-15H,5-6H2,1H3. The van der Waals surface area contributed by atoms with Crippen LogP contribution in [0.15, 0.2) is 18.3 Å². The number of pyridine rings is 1. The SMILES string of the molecule is Cc1cc(C(=O)N2CC(O)C(O)C2)ccn1. The van der Waals surface area contributed by atoms with Crippen molar-refractivity contribution in [1.82, 2.24) is 9.88 Å². The van der Waals surface area contributed by atoms with Crippen molar-refractivity contribution in [2.45, 2.75) is 19.1 Å². The lowest BCUT2D eigenvalue weighted by molar-refractivity contribution is 0.0572. The second-order valence-electron chi connectivity index (χ2n) is 4.03. The van der Waals surface area contributed by atoms with Crippen LogP contribution in [0, 0.1) is 6.92 Å². The van der Waals surface area contributed by atoms with E-state index >= 15 is 0 Å². The first-order chi connectivity index (χ1) is 7.58. The van der Waals surface area contributed by atoms with Crippen molar-refractivity contribution in [3.63, 3.8) is 0 Å². The summed E-state index contributed by atoms with van der Waals surface area (Å²) < 4.78 is 0. The van der Waals surface area contributed by atoms with Crippen LogP contribution in [0.3, 0.4) is 0 Å². The van der Waals surface area contributed by atoms with Gasteiger partial charge in [0.05, 0.1) is 12.2 Å². The molecule has 2 N–H and O–H groups in total. The highest BCUT2D eigenvalue weighted by atomic mass is 16.3. The molecular weight excluding hydrogens is 208 g/mol. The number of aliphatic hydroxyl groups is 2. The maximum Gasteiger partial charge on any atom is 0.254 e. The van der Waals surface area contributed by atoms with Crippen LogP contribution in [0.2, 0.25) is 0 Å². The van der Waals surface area contributed by atoms with Crippen molar-refractivity contribution < 1.29 is 15.0 Å². The molecule has 1 aromatic heterocycles. The van der Waals surface area contributed by atoms with Crippen molar-refractivity contribution >= 4 is 5.91 Å². The third kappa shape index (κ3) is 2.05. The summed E-state index contributed by atoms with van der Waals surface area (Å²) in [5.74, 6) is -0.180. The lowest BCUT2D eigenvalue weighted by Gasteiger charge is -2.15. The summed E-state index contributed by atoms with van der Waals surface area (Å²) in [6, 6.07) is 3.33. The minimum atomic E-state index is -0.841. The summed E-state index contributed by atoms with van der Waals surface area (Å²) >= 11 is 0. The summed E-state index contributed by atoms with van der Waals surface area (Å²) in [6.07, 6.45) is -0.107. The number of rotatable bonds is 1. The average Bonchev–Trinajstić information content (AvgIpc) is 2.58. The van der Waals surface area contributed by atoms with Crippen LogP contribution in [0.5, 0.6) is 0 Å². The molecule has 2 unspecified atom stereocenters. The Morgan fingerprint density at radius 2 is 2.06 bits per heavy atom. The molecule has 0 spiro atoms. The first kappa shape index (κ1) is 11.0. The van der Waals surface area contributed by atoms with E-state index in [4.69, 9.17) is 0 Å². The van der Waals surface area contributed by atoms with Crippen LogP contribution >= 0.6 is 0 Å². The van der Waals surface area contributed by atoms with Crippen LogP contribution in [0.4, 0.5) is 0 Å². The highest BCUT2D eigenvalue weighted by Gasteiger charge is 2.32. The molecule has 0 radical (unpaired) electrons. The quantitative estimate of drug-likeness (QED) is 0.676. The molecule has 1 aliphatic heterocycles. The molecule has 0 saturated carbocycles. The number of aliphatic hydroxyl groups excluding tert-OH is 2. The molecule has 1 fully saturated rings. The van der Waals surface area contributed by atoms with Gasteiger partial charge in [-0.25, -0.2) is 0 Å². The van der Waals surface area contributed by atoms with E-state index in [9.17, 15) is 15.0 Å². The normalized spacial score (nSPS) is 24.8. The van der Waals surface area contributed by atoms with E-state index in [1.165, 1.54) is 4.90 Å². The molecule has 0 bridgehead atoms. The number of hydrogen-bond acceptors (Lipinski definition) is 4. The van der Waals surface area contributed by atoms with Crippen molar-refractivity contribution in [3.8, 4) is 0 Å². The number of β-amino-alcohol motifs (C(OH)–C–C–N with tert-alkyl or cyclic N) is 2. The van der Waals surface area contributed by atoms with Crippen LogP contribution < -0.4 is 0 Å². The van der Waals surface area contributed by atoms with Gasteiger partial charge in [0.15, 0.2) is 0 Å². The predicted molar refractivity (Wildman–Crippen MR) is 56.9 cm³/mol. The highest BCUT2D eigenvalue weighted by molar-refractivity contribution is 5.94. The minimum Gasteiger partial charge on any atom is -0.388 e. The monoisotopic (exact) mass is 222 g/mol.